The van der Waals surface area contributed by atoms with E-state index < -0.39 is 0 Å². The summed E-state index contributed by atoms with van der Waals surface area (Å²) in [4.78, 5) is 3.82. The molecule has 0 unspecified atom stereocenters. The molecule has 0 bridgehead atoms. The number of hydrogen-bond acceptors (Lipinski definition) is 1. The van der Waals surface area contributed by atoms with Gasteiger partial charge in [-0.25, -0.2) is 4.99 Å². The number of amidine groups is 2. The molecule has 3 nitrogen and oxygen atoms in total. The van der Waals surface area contributed by atoms with Crippen LogP contribution in [0.2, 0.25) is 0 Å². The molecule has 3 heteroatoms. The van der Waals surface area contributed by atoms with Crippen LogP contribution < -0.4 is 5.73 Å². The highest BCUT2D eigenvalue weighted by Gasteiger charge is 2.25. The van der Waals surface area contributed by atoms with Gasteiger partial charge in [0.25, 0.3) is 0 Å². The van der Waals surface area contributed by atoms with Crippen molar-refractivity contribution in [2.24, 2.45) is 16.6 Å². The van der Waals surface area contributed by atoms with Gasteiger partial charge in [-0.1, -0.05) is 0 Å². The molecule has 1 aliphatic carbocycles. The van der Waals surface area contributed by atoms with Crippen LogP contribution in [0, 0.1) is 11.3 Å². The average Bonchev–Trinajstić information content (AvgIpc) is 2.40. The van der Waals surface area contributed by atoms with Gasteiger partial charge in [0.05, 0.1) is 5.84 Å². The van der Waals surface area contributed by atoms with Gasteiger partial charge in [0.1, 0.15) is 5.84 Å². The maximum Gasteiger partial charge on any atom is 0.125 e. The predicted molar refractivity (Wildman–Crippen MR) is 37.7 cm³/mol. The first-order valence-electron chi connectivity index (χ1n) is 3.09. The number of hydrogen-bond donors (Lipinski definition) is 2. The van der Waals surface area contributed by atoms with Crippen LogP contribution in [0.5, 0.6) is 0 Å². The van der Waals surface area contributed by atoms with Crippen LogP contribution in [0.25, 0.3) is 0 Å². The molecule has 0 radical (unpaired) electrons. The summed E-state index contributed by atoms with van der Waals surface area (Å²) in [5, 5.41) is 7.27. The number of aliphatic imine (C=N–C) groups is 1. The van der Waals surface area contributed by atoms with Crippen molar-refractivity contribution in [3.8, 4) is 0 Å². The highest BCUT2D eigenvalue weighted by atomic mass is 14.9. The molecule has 0 heterocycles. The van der Waals surface area contributed by atoms with Crippen LogP contribution in [-0.2, 0) is 0 Å². The van der Waals surface area contributed by atoms with Crippen LogP contribution in [-0.4, -0.2) is 11.7 Å². The summed E-state index contributed by atoms with van der Waals surface area (Å²) in [5.74, 6) is 1.37. The fraction of sp³-hybridized carbons (Fsp3) is 0.667. The monoisotopic (exact) mass is 125 g/mol. The highest BCUT2D eigenvalue weighted by molar-refractivity contribution is 5.95. The molecular formula is C6H11N3. The van der Waals surface area contributed by atoms with E-state index in [9.17, 15) is 0 Å². The van der Waals surface area contributed by atoms with Crippen molar-refractivity contribution in [3.63, 3.8) is 0 Å². The van der Waals surface area contributed by atoms with Crippen molar-refractivity contribution in [1.82, 2.24) is 0 Å². The van der Waals surface area contributed by atoms with Gasteiger partial charge in [-0.15, -0.1) is 0 Å². The van der Waals surface area contributed by atoms with E-state index in [1.807, 2.05) is 0 Å². The number of nitrogens with two attached hydrogens (primary N) is 1. The molecule has 0 aromatic heterocycles. The summed E-state index contributed by atoms with van der Waals surface area (Å²) in [6, 6.07) is 0. The quantitative estimate of drug-likeness (QED) is 0.394. The van der Waals surface area contributed by atoms with E-state index in [1.165, 1.54) is 0 Å². The van der Waals surface area contributed by atoms with Crippen LogP contribution in [0.4, 0.5) is 0 Å². The van der Waals surface area contributed by atoms with Crippen molar-refractivity contribution in [2.75, 3.05) is 0 Å². The molecule has 3 N–H and O–H groups in total. The lowest BCUT2D eigenvalue weighted by Gasteiger charge is -1.91. The molecule has 1 aliphatic rings. The molecule has 50 valence electrons. The molecule has 0 aliphatic heterocycles. The van der Waals surface area contributed by atoms with E-state index in [0.29, 0.717) is 17.6 Å². The van der Waals surface area contributed by atoms with E-state index in [4.69, 9.17) is 11.1 Å². The first-order valence-corrected chi connectivity index (χ1v) is 3.09. The SMILES string of the molecule is CC(N)=NC(=N)C1CC1. The summed E-state index contributed by atoms with van der Waals surface area (Å²) in [6.07, 6.45) is 2.24. The fourth-order valence-electron chi connectivity index (χ4n) is 0.638. The van der Waals surface area contributed by atoms with Crippen molar-refractivity contribution < 1.29 is 0 Å². The van der Waals surface area contributed by atoms with Gasteiger partial charge in [-0.2, -0.15) is 0 Å². The first-order chi connectivity index (χ1) is 4.20. The summed E-state index contributed by atoms with van der Waals surface area (Å²) < 4.78 is 0. The Morgan fingerprint density at radius 2 is 2.22 bits per heavy atom. The number of rotatable bonds is 1. The van der Waals surface area contributed by atoms with E-state index in [0.717, 1.165) is 12.8 Å². The zero-order chi connectivity index (χ0) is 6.85. The molecule has 0 saturated heterocycles. The Kier molecular flexibility index (Phi) is 1.51. The Morgan fingerprint density at radius 1 is 1.67 bits per heavy atom. The predicted octanol–water partition coefficient (Wildman–Crippen LogP) is 0.751. The third kappa shape index (κ3) is 1.83. The van der Waals surface area contributed by atoms with E-state index in [-0.39, 0.29) is 0 Å². The van der Waals surface area contributed by atoms with Crippen LogP contribution in [0.1, 0.15) is 19.8 Å². The van der Waals surface area contributed by atoms with Gasteiger partial charge in [-0.3, -0.25) is 5.41 Å². The minimum Gasteiger partial charge on any atom is -0.387 e. The third-order valence-electron chi connectivity index (χ3n) is 1.26. The number of nitrogens with zero attached hydrogens (tertiary/aromatic N) is 1. The summed E-state index contributed by atoms with van der Waals surface area (Å²) in [5.41, 5.74) is 5.27. The molecule has 0 spiro atoms. The van der Waals surface area contributed by atoms with Gasteiger partial charge < -0.3 is 5.73 Å². The minimum absolute atomic E-state index is 0.420. The van der Waals surface area contributed by atoms with Gasteiger partial charge in [-0.05, 0) is 19.8 Å². The summed E-state index contributed by atoms with van der Waals surface area (Å²) >= 11 is 0. The van der Waals surface area contributed by atoms with Crippen LogP contribution in [0.3, 0.4) is 0 Å². The molecule has 1 fully saturated rings. The summed E-state index contributed by atoms with van der Waals surface area (Å²) in [7, 11) is 0. The minimum atomic E-state index is 0.420. The normalized spacial score (nSPS) is 19.9. The molecule has 1 rings (SSSR count). The molecule has 9 heavy (non-hydrogen) atoms. The maximum atomic E-state index is 7.27. The van der Waals surface area contributed by atoms with Crippen molar-refractivity contribution >= 4 is 11.7 Å². The molecule has 0 amide bonds. The fourth-order valence-corrected chi connectivity index (χ4v) is 0.638. The Labute approximate surface area is 54.5 Å². The largest absolute Gasteiger partial charge is 0.387 e. The second-order valence-corrected chi connectivity index (χ2v) is 2.41. The lowest BCUT2D eigenvalue weighted by molar-refractivity contribution is 1.13. The van der Waals surface area contributed by atoms with E-state index in [1.54, 1.807) is 6.92 Å². The molecule has 0 aromatic rings. The van der Waals surface area contributed by atoms with Crippen molar-refractivity contribution in [3.05, 3.63) is 0 Å². The number of nitrogens with one attached hydrogen (secondary N) is 1. The topological polar surface area (TPSA) is 62.2 Å². The second-order valence-electron chi connectivity index (χ2n) is 2.41. The van der Waals surface area contributed by atoms with Crippen LogP contribution >= 0.6 is 0 Å². The standard InChI is InChI=1S/C6H11N3/c1-4(7)9-6(8)5-2-3-5/h5H,2-3H2,1H3,(H3,7,8,9). The van der Waals surface area contributed by atoms with Gasteiger partial charge in [0.15, 0.2) is 0 Å². The zero-order valence-corrected chi connectivity index (χ0v) is 5.52. The average molecular weight is 125 g/mol. The Balaban J connectivity index is 2.42. The van der Waals surface area contributed by atoms with E-state index in [2.05, 4.69) is 4.99 Å². The lowest BCUT2D eigenvalue weighted by Crippen LogP contribution is -2.09. The Bertz CT molecular complexity index is 152. The zero-order valence-electron chi connectivity index (χ0n) is 5.52. The Morgan fingerprint density at radius 3 is 2.56 bits per heavy atom. The van der Waals surface area contributed by atoms with Gasteiger partial charge in [0, 0.05) is 5.92 Å². The van der Waals surface area contributed by atoms with E-state index >= 15 is 0 Å². The molecular weight excluding hydrogens is 114 g/mol. The van der Waals surface area contributed by atoms with Gasteiger partial charge >= 0.3 is 0 Å². The smallest absolute Gasteiger partial charge is 0.125 e. The third-order valence-corrected chi connectivity index (χ3v) is 1.26. The molecule has 0 atom stereocenters. The van der Waals surface area contributed by atoms with Gasteiger partial charge in [0.2, 0.25) is 0 Å². The van der Waals surface area contributed by atoms with Crippen molar-refractivity contribution in [1.29, 1.82) is 5.41 Å². The second kappa shape index (κ2) is 2.17. The van der Waals surface area contributed by atoms with Crippen LogP contribution in [0.15, 0.2) is 4.99 Å². The molecule has 1 saturated carbocycles. The lowest BCUT2D eigenvalue weighted by atomic mass is 10.4. The van der Waals surface area contributed by atoms with Crippen molar-refractivity contribution in [2.45, 2.75) is 19.8 Å². The maximum absolute atomic E-state index is 7.27. The first kappa shape index (κ1) is 6.26. The molecule has 0 aromatic carbocycles. The summed E-state index contributed by atoms with van der Waals surface area (Å²) in [6.45, 7) is 1.71. The highest BCUT2D eigenvalue weighted by Crippen LogP contribution is 2.30. The Hall–Kier alpha value is -0.860.